The van der Waals surface area contributed by atoms with E-state index in [1.807, 2.05) is 18.2 Å². The summed E-state index contributed by atoms with van der Waals surface area (Å²) in [7, 11) is 1.70. The molecule has 10 heteroatoms. The molecule has 1 saturated heterocycles. The molecular weight excluding hydrogens is 543 g/mol. The number of methoxy groups -OCH3 is 1. The molecule has 8 nitrogen and oxygen atoms in total. The summed E-state index contributed by atoms with van der Waals surface area (Å²) in [4.78, 5) is 4.95. The third-order valence-electron chi connectivity index (χ3n) is 5.72. The van der Waals surface area contributed by atoms with Gasteiger partial charge in [0.2, 0.25) is 0 Å². The van der Waals surface area contributed by atoms with E-state index in [2.05, 4.69) is 39.2 Å². The highest BCUT2D eigenvalue weighted by atomic mass is 127. The van der Waals surface area contributed by atoms with E-state index < -0.39 is 0 Å². The number of nitrogens with one attached hydrogen (secondary N) is 2. The predicted octanol–water partition coefficient (Wildman–Crippen LogP) is 3.42. The summed E-state index contributed by atoms with van der Waals surface area (Å²) in [5.74, 6) is 2.62. The quantitative estimate of drug-likeness (QED) is 0.270. The van der Waals surface area contributed by atoms with Gasteiger partial charge in [-0.3, -0.25) is 4.99 Å². The number of halogens is 2. The van der Waals surface area contributed by atoms with Crippen molar-refractivity contribution in [3.8, 4) is 5.75 Å². The lowest BCUT2D eigenvalue weighted by Gasteiger charge is -2.37. The van der Waals surface area contributed by atoms with Crippen LogP contribution in [0.3, 0.4) is 0 Å². The van der Waals surface area contributed by atoms with Crippen molar-refractivity contribution >= 4 is 41.5 Å². The largest absolute Gasteiger partial charge is 0.496 e. The Morgan fingerprint density at radius 2 is 2.06 bits per heavy atom. The van der Waals surface area contributed by atoms with Crippen molar-refractivity contribution in [3.63, 3.8) is 0 Å². The van der Waals surface area contributed by atoms with Gasteiger partial charge in [0.05, 0.1) is 13.7 Å². The first-order valence-electron chi connectivity index (χ1n) is 10.9. The summed E-state index contributed by atoms with van der Waals surface area (Å²) in [5, 5.41) is 15.6. The summed E-state index contributed by atoms with van der Waals surface area (Å²) < 4.78 is 13.4. The van der Waals surface area contributed by atoms with Gasteiger partial charge in [0.15, 0.2) is 5.96 Å². The van der Waals surface area contributed by atoms with Crippen LogP contribution in [0.4, 0.5) is 0 Å². The molecule has 3 rings (SSSR count). The average Bonchev–Trinajstić information content (AvgIpc) is 3.25. The molecule has 1 fully saturated rings. The molecule has 0 unspecified atom stereocenters. The van der Waals surface area contributed by atoms with Gasteiger partial charge in [-0.2, -0.15) is 0 Å². The first kappa shape index (κ1) is 26.7. The molecule has 32 heavy (non-hydrogen) atoms. The molecule has 0 spiro atoms. The minimum atomic E-state index is -0.180. The first-order chi connectivity index (χ1) is 15.1. The zero-order valence-corrected chi connectivity index (χ0v) is 22.2. The zero-order valence-electron chi connectivity index (χ0n) is 19.1. The number of aryl methyl sites for hydroxylation is 1. The molecule has 1 aromatic carbocycles. The van der Waals surface area contributed by atoms with Gasteiger partial charge in [-0.15, -0.1) is 34.2 Å². The van der Waals surface area contributed by atoms with Crippen LogP contribution in [0.5, 0.6) is 5.75 Å². The standard InChI is InChI=1S/C22H33ClN6O2.HI/c1-4-20-28-27-16-29(20)11-10-25-21(24-5-2)26-15-22(8-12-31-13-9-22)18-14-17(23)6-7-19(18)30-3;/h6-7,14,16H,4-5,8-13,15H2,1-3H3,(H2,24,25,26);1H. The van der Waals surface area contributed by atoms with Crippen molar-refractivity contribution < 1.29 is 9.47 Å². The maximum Gasteiger partial charge on any atom is 0.191 e. The van der Waals surface area contributed by atoms with Crippen molar-refractivity contribution in [1.82, 2.24) is 25.4 Å². The van der Waals surface area contributed by atoms with Gasteiger partial charge in [0.25, 0.3) is 0 Å². The first-order valence-corrected chi connectivity index (χ1v) is 11.3. The molecule has 0 bridgehead atoms. The van der Waals surface area contributed by atoms with Crippen molar-refractivity contribution in [1.29, 1.82) is 0 Å². The monoisotopic (exact) mass is 576 g/mol. The van der Waals surface area contributed by atoms with E-state index in [0.717, 1.165) is 62.0 Å². The van der Waals surface area contributed by atoms with Crippen molar-refractivity contribution in [3.05, 3.63) is 40.9 Å². The maximum atomic E-state index is 6.35. The van der Waals surface area contributed by atoms with Gasteiger partial charge in [-0.1, -0.05) is 18.5 Å². The molecule has 0 atom stereocenters. The minimum absolute atomic E-state index is 0. The zero-order chi connectivity index (χ0) is 22.1. The number of hydrogen-bond donors (Lipinski definition) is 2. The number of aliphatic imine (C=N–C) groups is 1. The normalized spacial score (nSPS) is 15.7. The summed E-state index contributed by atoms with van der Waals surface area (Å²) in [6.07, 6.45) is 4.37. The van der Waals surface area contributed by atoms with Crippen LogP contribution in [0.2, 0.25) is 5.02 Å². The number of rotatable bonds is 9. The van der Waals surface area contributed by atoms with Gasteiger partial charge in [-0.25, -0.2) is 0 Å². The molecule has 178 valence electrons. The van der Waals surface area contributed by atoms with Crippen LogP contribution >= 0.6 is 35.6 Å². The van der Waals surface area contributed by atoms with Crippen LogP contribution in [0.1, 0.15) is 38.1 Å². The van der Waals surface area contributed by atoms with Crippen LogP contribution < -0.4 is 15.4 Å². The lowest BCUT2D eigenvalue weighted by Crippen LogP contribution is -2.42. The Labute approximate surface area is 212 Å². The number of guanidine groups is 1. The Morgan fingerprint density at radius 1 is 1.28 bits per heavy atom. The molecule has 1 aliphatic heterocycles. The average molecular weight is 577 g/mol. The molecule has 1 aliphatic rings. The number of aromatic nitrogens is 3. The van der Waals surface area contributed by atoms with E-state index in [0.29, 0.717) is 24.8 Å². The topological polar surface area (TPSA) is 85.6 Å². The molecule has 0 radical (unpaired) electrons. The molecule has 2 heterocycles. The predicted molar refractivity (Wildman–Crippen MR) is 139 cm³/mol. The Morgan fingerprint density at radius 3 is 2.75 bits per heavy atom. The van der Waals surface area contributed by atoms with Crippen LogP contribution in [0, 0.1) is 0 Å². The SMILES string of the molecule is CCNC(=NCC1(c2cc(Cl)ccc2OC)CCOCC1)NCCn1cnnc1CC.I. The fourth-order valence-corrected chi connectivity index (χ4v) is 4.15. The molecular formula is C22H34ClIN6O2. The Hall–Kier alpha value is -1.59. The third-order valence-corrected chi connectivity index (χ3v) is 5.96. The van der Waals surface area contributed by atoms with Crippen LogP contribution in [0.15, 0.2) is 29.5 Å². The van der Waals surface area contributed by atoms with E-state index in [4.69, 9.17) is 26.1 Å². The highest BCUT2D eigenvalue weighted by molar-refractivity contribution is 14.0. The second-order valence-corrected chi connectivity index (χ2v) is 8.09. The van der Waals surface area contributed by atoms with Crippen molar-refractivity contribution in [2.45, 2.75) is 45.1 Å². The summed E-state index contributed by atoms with van der Waals surface area (Å²) >= 11 is 6.35. The Balaban J connectivity index is 0.00000363. The van der Waals surface area contributed by atoms with Crippen molar-refractivity contribution in [2.24, 2.45) is 4.99 Å². The van der Waals surface area contributed by atoms with E-state index in [1.54, 1.807) is 13.4 Å². The minimum Gasteiger partial charge on any atom is -0.496 e. The highest BCUT2D eigenvalue weighted by Gasteiger charge is 2.37. The summed E-state index contributed by atoms with van der Waals surface area (Å²) in [6.45, 7) is 8.46. The smallest absolute Gasteiger partial charge is 0.191 e. The number of nitrogens with zero attached hydrogens (tertiary/aromatic N) is 4. The number of hydrogen-bond acceptors (Lipinski definition) is 5. The van der Waals surface area contributed by atoms with Gasteiger partial charge in [0.1, 0.15) is 17.9 Å². The van der Waals surface area contributed by atoms with Gasteiger partial charge in [0, 0.05) is 55.3 Å². The van der Waals surface area contributed by atoms with Gasteiger partial charge >= 0.3 is 0 Å². The van der Waals surface area contributed by atoms with Gasteiger partial charge < -0.3 is 24.7 Å². The summed E-state index contributed by atoms with van der Waals surface area (Å²) in [5.41, 5.74) is 0.919. The molecule has 0 saturated carbocycles. The Bertz CT molecular complexity index is 870. The highest BCUT2D eigenvalue weighted by Crippen LogP contribution is 2.41. The number of benzene rings is 1. The lowest BCUT2D eigenvalue weighted by atomic mass is 9.73. The van der Waals surface area contributed by atoms with Gasteiger partial charge in [-0.05, 0) is 38.0 Å². The summed E-state index contributed by atoms with van der Waals surface area (Å²) in [6, 6.07) is 5.81. The molecule has 1 aromatic heterocycles. The molecule has 0 amide bonds. The second kappa shape index (κ2) is 13.2. The fourth-order valence-electron chi connectivity index (χ4n) is 3.98. The lowest BCUT2D eigenvalue weighted by molar-refractivity contribution is 0.0523. The Kier molecular flexibility index (Phi) is 11.0. The van der Waals surface area contributed by atoms with E-state index in [-0.39, 0.29) is 29.4 Å². The third kappa shape index (κ3) is 6.71. The second-order valence-electron chi connectivity index (χ2n) is 7.65. The van der Waals surface area contributed by atoms with Crippen LogP contribution in [0.25, 0.3) is 0 Å². The van der Waals surface area contributed by atoms with Crippen molar-refractivity contribution in [2.75, 3.05) is 40.0 Å². The molecule has 2 aromatic rings. The van der Waals surface area contributed by atoms with Crippen LogP contribution in [-0.4, -0.2) is 60.7 Å². The van der Waals surface area contributed by atoms with E-state index in [1.165, 1.54) is 0 Å². The van der Waals surface area contributed by atoms with E-state index >= 15 is 0 Å². The molecule has 2 N–H and O–H groups in total. The van der Waals surface area contributed by atoms with Crippen LogP contribution in [-0.2, 0) is 23.1 Å². The fraction of sp³-hybridized carbons (Fsp3) is 0.591. The molecule has 0 aliphatic carbocycles. The maximum absolute atomic E-state index is 6.35. The number of ether oxygens (including phenoxy) is 2. The van der Waals surface area contributed by atoms with E-state index in [9.17, 15) is 0 Å².